The number of carbonyl (C=O) groups is 2. The third kappa shape index (κ3) is 8.50. The number of hydrogen-bond acceptors (Lipinski definition) is 7. The minimum Gasteiger partial charge on any atom is -0.390 e. The number of halogens is 1. The second-order valence-electron chi connectivity index (χ2n) is 10.3. The van der Waals surface area contributed by atoms with E-state index in [9.17, 15) is 23.1 Å². The molecule has 1 aromatic heterocycles. The van der Waals surface area contributed by atoms with Gasteiger partial charge in [-0.05, 0) is 35.6 Å². The molecule has 0 aliphatic carbocycles. The number of sulfonamides is 1. The zero-order valence-corrected chi connectivity index (χ0v) is 26.7. The molecule has 9 nitrogen and oxygen atoms in total. The van der Waals surface area contributed by atoms with E-state index < -0.39 is 33.6 Å². The minimum atomic E-state index is -4.26. The number of amides is 2. The van der Waals surface area contributed by atoms with Crippen LogP contribution in [-0.4, -0.2) is 46.7 Å². The Morgan fingerprint density at radius 1 is 1.00 bits per heavy atom. The van der Waals surface area contributed by atoms with Crippen LogP contribution >= 0.6 is 24.2 Å². The lowest BCUT2D eigenvalue weighted by Crippen LogP contribution is -2.42. The molecule has 4 aromatic rings. The van der Waals surface area contributed by atoms with E-state index in [1.807, 2.05) is 47.0 Å². The summed E-state index contributed by atoms with van der Waals surface area (Å²) < 4.78 is 30.5. The molecule has 0 aliphatic rings. The van der Waals surface area contributed by atoms with Crippen molar-refractivity contribution in [3.05, 3.63) is 107 Å². The fourth-order valence-corrected chi connectivity index (χ4v) is 6.51. The van der Waals surface area contributed by atoms with Crippen molar-refractivity contribution in [2.45, 2.75) is 55.9 Å². The number of rotatable bonds is 14. The van der Waals surface area contributed by atoms with Gasteiger partial charge in [-0.25, -0.2) is 18.1 Å². The van der Waals surface area contributed by atoms with Crippen LogP contribution in [0.3, 0.4) is 0 Å². The smallest absolute Gasteiger partial charge is 0.264 e. The van der Waals surface area contributed by atoms with Gasteiger partial charge in [0, 0.05) is 18.5 Å². The van der Waals surface area contributed by atoms with Crippen LogP contribution in [0.4, 0.5) is 0 Å². The highest BCUT2D eigenvalue weighted by Crippen LogP contribution is 2.28. The fraction of sp³-hybridized carbons (Fsp3) is 0.281. The van der Waals surface area contributed by atoms with Gasteiger partial charge in [0.1, 0.15) is 5.82 Å². The summed E-state index contributed by atoms with van der Waals surface area (Å²) in [7, 11) is -4.26. The van der Waals surface area contributed by atoms with Gasteiger partial charge in [-0.2, -0.15) is 12.6 Å². The predicted molar refractivity (Wildman–Crippen MR) is 174 cm³/mol. The van der Waals surface area contributed by atoms with Gasteiger partial charge >= 0.3 is 0 Å². The number of unbranched alkanes of at least 4 members (excludes halogenated alkanes) is 1. The summed E-state index contributed by atoms with van der Waals surface area (Å²) in [5.74, 6) is -0.553. The molecule has 2 amide bonds. The lowest BCUT2D eigenvalue weighted by molar-refractivity contribution is -0.124. The van der Waals surface area contributed by atoms with Gasteiger partial charge in [-0.15, -0.1) is 0 Å². The summed E-state index contributed by atoms with van der Waals surface area (Å²) in [6.07, 6.45) is 3.03. The summed E-state index contributed by atoms with van der Waals surface area (Å²) >= 11 is 10.6. The molecule has 0 saturated carbocycles. The number of carbonyl (C=O) groups excluding carboxylic acids is 2. The lowest BCUT2D eigenvalue weighted by Gasteiger charge is -2.14. The molecule has 0 radical (unpaired) electrons. The molecule has 0 fully saturated rings. The highest BCUT2D eigenvalue weighted by molar-refractivity contribution is 7.90. The Bertz CT molecular complexity index is 1690. The summed E-state index contributed by atoms with van der Waals surface area (Å²) in [5, 5.41) is 11.9. The van der Waals surface area contributed by atoms with Crippen molar-refractivity contribution in [1.29, 1.82) is 0 Å². The SMILES string of the molecule is CCCCc1nc(Cl)c(CO)n1Cc1ccc(-c2ccccc2S(=O)(=O)NC(=O)CNC(=O)C(S)Cc2ccccc2)cc1. The first-order chi connectivity index (χ1) is 21.1. The van der Waals surface area contributed by atoms with Crippen molar-refractivity contribution in [3.8, 4) is 11.1 Å². The quantitative estimate of drug-likeness (QED) is 0.148. The molecule has 4 rings (SSSR count). The number of aryl methyl sites for hydroxylation is 1. The number of aromatic nitrogens is 2. The van der Waals surface area contributed by atoms with E-state index >= 15 is 0 Å². The molecule has 0 saturated heterocycles. The molecular weight excluding hydrogens is 620 g/mol. The first kappa shape index (κ1) is 33.3. The average molecular weight is 655 g/mol. The third-order valence-electron chi connectivity index (χ3n) is 7.03. The van der Waals surface area contributed by atoms with Gasteiger partial charge in [0.25, 0.3) is 15.9 Å². The first-order valence-corrected chi connectivity index (χ1v) is 16.6. The van der Waals surface area contributed by atoms with Gasteiger partial charge < -0.3 is 15.0 Å². The largest absolute Gasteiger partial charge is 0.390 e. The standard InChI is InChI=1S/C32H35ClN4O5S2/c1-2-3-13-29-35-31(33)26(21-38)37(29)20-23-14-16-24(17-15-23)25-11-7-8-12-28(25)44(41,42)36-30(39)19-34-32(40)27(43)18-22-9-5-4-6-10-22/h4-12,14-17,27,38,43H,2-3,13,18-21H2,1H3,(H,34,40)(H,36,39). The van der Waals surface area contributed by atoms with Crippen LogP contribution < -0.4 is 10.0 Å². The van der Waals surface area contributed by atoms with E-state index in [1.54, 1.807) is 30.3 Å². The van der Waals surface area contributed by atoms with Gasteiger partial charge in [0.05, 0.1) is 29.0 Å². The molecule has 232 valence electrons. The number of aliphatic hydroxyl groups excluding tert-OH is 1. The lowest BCUT2D eigenvalue weighted by atomic mass is 10.0. The van der Waals surface area contributed by atoms with Crippen LogP contribution in [0.2, 0.25) is 5.15 Å². The van der Waals surface area contributed by atoms with E-state index in [2.05, 4.69) is 34.6 Å². The molecule has 1 unspecified atom stereocenters. The monoisotopic (exact) mass is 654 g/mol. The summed E-state index contributed by atoms with van der Waals surface area (Å²) in [6, 6.07) is 23.0. The van der Waals surface area contributed by atoms with Crippen molar-refractivity contribution >= 4 is 46.1 Å². The molecule has 12 heteroatoms. The van der Waals surface area contributed by atoms with Crippen LogP contribution in [-0.2, 0) is 45.6 Å². The second kappa shape index (κ2) is 15.4. The molecule has 0 spiro atoms. The maximum absolute atomic E-state index is 13.3. The van der Waals surface area contributed by atoms with Crippen LogP contribution in [0.25, 0.3) is 11.1 Å². The second-order valence-corrected chi connectivity index (χ2v) is 12.9. The topological polar surface area (TPSA) is 130 Å². The van der Waals surface area contributed by atoms with E-state index in [0.717, 1.165) is 36.2 Å². The number of nitrogens with one attached hydrogen (secondary N) is 2. The Morgan fingerprint density at radius 3 is 2.36 bits per heavy atom. The highest BCUT2D eigenvalue weighted by Gasteiger charge is 2.23. The van der Waals surface area contributed by atoms with Gasteiger partial charge in [-0.1, -0.05) is 97.7 Å². The number of imidazole rings is 1. The van der Waals surface area contributed by atoms with Crippen molar-refractivity contribution in [2.24, 2.45) is 0 Å². The Labute approximate surface area is 268 Å². The first-order valence-electron chi connectivity index (χ1n) is 14.2. The van der Waals surface area contributed by atoms with Crippen LogP contribution in [0, 0.1) is 0 Å². The van der Waals surface area contributed by atoms with Gasteiger partial charge in [0.2, 0.25) is 5.91 Å². The zero-order valence-electron chi connectivity index (χ0n) is 24.2. The molecule has 1 heterocycles. The summed E-state index contributed by atoms with van der Waals surface area (Å²) in [4.78, 5) is 29.4. The van der Waals surface area contributed by atoms with E-state index in [-0.39, 0.29) is 16.7 Å². The van der Waals surface area contributed by atoms with E-state index in [0.29, 0.717) is 29.8 Å². The number of thiol groups is 1. The number of nitrogens with zero attached hydrogens (tertiary/aromatic N) is 2. The van der Waals surface area contributed by atoms with Crippen LogP contribution in [0.15, 0.2) is 83.8 Å². The Hall–Kier alpha value is -3.64. The number of hydrogen-bond donors (Lipinski definition) is 4. The van der Waals surface area contributed by atoms with E-state index in [1.165, 1.54) is 6.07 Å². The third-order valence-corrected chi connectivity index (χ3v) is 9.19. The predicted octanol–water partition coefficient (Wildman–Crippen LogP) is 4.55. The van der Waals surface area contributed by atoms with Crippen LogP contribution in [0.1, 0.15) is 42.4 Å². The maximum atomic E-state index is 13.3. The Kier molecular flexibility index (Phi) is 11.6. The summed E-state index contributed by atoms with van der Waals surface area (Å²) in [5.41, 5.74) is 3.41. The van der Waals surface area contributed by atoms with E-state index in [4.69, 9.17) is 11.6 Å². The van der Waals surface area contributed by atoms with Crippen molar-refractivity contribution in [2.75, 3.05) is 6.54 Å². The molecule has 44 heavy (non-hydrogen) atoms. The zero-order chi connectivity index (χ0) is 31.7. The number of aliphatic hydroxyl groups is 1. The molecule has 3 aromatic carbocycles. The molecule has 1 atom stereocenters. The summed E-state index contributed by atoms with van der Waals surface area (Å²) in [6.45, 7) is 1.78. The van der Waals surface area contributed by atoms with Crippen molar-refractivity contribution < 1.29 is 23.1 Å². The van der Waals surface area contributed by atoms with Gasteiger partial charge in [0.15, 0.2) is 5.15 Å². The maximum Gasteiger partial charge on any atom is 0.264 e. The molecular formula is C32H35ClN4O5S2. The molecule has 0 bridgehead atoms. The Balaban J connectivity index is 1.44. The van der Waals surface area contributed by atoms with Gasteiger partial charge in [-0.3, -0.25) is 9.59 Å². The van der Waals surface area contributed by atoms with Crippen LogP contribution in [0.5, 0.6) is 0 Å². The van der Waals surface area contributed by atoms with Crippen molar-refractivity contribution in [1.82, 2.24) is 19.6 Å². The average Bonchev–Trinajstić information content (AvgIpc) is 3.32. The minimum absolute atomic E-state index is 0.0746. The fourth-order valence-electron chi connectivity index (χ4n) is 4.74. The number of benzene rings is 3. The Morgan fingerprint density at radius 2 is 1.68 bits per heavy atom. The van der Waals surface area contributed by atoms with Crippen molar-refractivity contribution in [3.63, 3.8) is 0 Å². The highest BCUT2D eigenvalue weighted by atomic mass is 35.5. The molecule has 0 aliphatic heterocycles. The molecule has 3 N–H and O–H groups in total. The normalized spacial score (nSPS) is 12.1.